The maximum absolute atomic E-state index is 11.4. The fourth-order valence-corrected chi connectivity index (χ4v) is 1.24. The predicted octanol–water partition coefficient (Wildman–Crippen LogP) is -0.924. The number of nitrogens with one attached hydrogen (secondary N) is 2. The smallest absolute Gasteiger partial charge is 0.307 e. The maximum Gasteiger partial charge on any atom is 0.307 e. The maximum atomic E-state index is 11.4. The molecule has 0 aromatic carbocycles. The van der Waals surface area contributed by atoms with Gasteiger partial charge in [-0.15, -0.1) is 12.4 Å². The zero-order valence-corrected chi connectivity index (χ0v) is 9.97. The molecule has 0 bridgehead atoms. The normalized spacial score (nSPS) is 19.4. The Bertz CT molecular complexity index is 232. The number of morpholine rings is 1. The minimum Gasteiger partial charge on any atom is -0.469 e. The summed E-state index contributed by atoms with van der Waals surface area (Å²) in [6, 6.07) is 0. The summed E-state index contributed by atoms with van der Waals surface area (Å²) in [4.78, 5) is 22.2. The van der Waals surface area contributed by atoms with E-state index in [2.05, 4.69) is 15.4 Å². The third-order valence-corrected chi connectivity index (χ3v) is 2.08. The molecule has 1 aliphatic heterocycles. The van der Waals surface area contributed by atoms with Gasteiger partial charge in [-0.05, 0) is 0 Å². The van der Waals surface area contributed by atoms with Crippen molar-refractivity contribution in [2.45, 2.75) is 12.5 Å². The van der Waals surface area contributed by atoms with E-state index >= 15 is 0 Å². The van der Waals surface area contributed by atoms with Gasteiger partial charge in [-0.2, -0.15) is 0 Å². The third-order valence-electron chi connectivity index (χ3n) is 2.08. The molecule has 0 spiro atoms. The van der Waals surface area contributed by atoms with Gasteiger partial charge in [-0.1, -0.05) is 0 Å². The molecular formula is C9H17ClN2O4. The van der Waals surface area contributed by atoms with Crippen molar-refractivity contribution in [3.8, 4) is 0 Å². The minimum atomic E-state index is -0.448. The molecule has 1 heterocycles. The number of esters is 1. The van der Waals surface area contributed by atoms with Crippen molar-refractivity contribution in [1.29, 1.82) is 0 Å². The first-order valence-corrected chi connectivity index (χ1v) is 4.91. The first-order chi connectivity index (χ1) is 7.24. The predicted molar refractivity (Wildman–Crippen MR) is 59.5 cm³/mol. The van der Waals surface area contributed by atoms with E-state index in [9.17, 15) is 9.59 Å². The van der Waals surface area contributed by atoms with E-state index in [0.29, 0.717) is 13.2 Å². The molecule has 7 heteroatoms. The van der Waals surface area contributed by atoms with E-state index in [1.54, 1.807) is 0 Å². The van der Waals surface area contributed by atoms with Crippen molar-refractivity contribution < 1.29 is 19.1 Å². The summed E-state index contributed by atoms with van der Waals surface area (Å²) >= 11 is 0. The lowest BCUT2D eigenvalue weighted by Gasteiger charge is -2.22. The first-order valence-electron chi connectivity index (χ1n) is 4.91. The van der Waals surface area contributed by atoms with Crippen LogP contribution in [0.5, 0.6) is 0 Å². The monoisotopic (exact) mass is 252 g/mol. The number of amides is 1. The number of halogens is 1. The van der Waals surface area contributed by atoms with Gasteiger partial charge in [0.1, 0.15) is 6.10 Å². The average molecular weight is 253 g/mol. The summed E-state index contributed by atoms with van der Waals surface area (Å²) in [6.07, 6.45) is -0.265. The zero-order valence-electron chi connectivity index (χ0n) is 9.15. The molecule has 94 valence electrons. The molecule has 1 aliphatic rings. The molecule has 0 aromatic heterocycles. The second kappa shape index (κ2) is 8.32. The van der Waals surface area contributed by atoms with Gasteiger partial charge in [0.15, 0.2) is 0 Å². The number of hydrogen-bond donors (Lipinski definition) is 2. The highest BCUT2D eigenvalue weighted by Gasteiger charge is 2.21. The highest BCUT2D eigenvalue weighted by Crippen LogP contribution is 1.95. The molecule has 16 heavy (non-hydrogen) atoms. The summed E-state index contributed by atoms with van der Waals surface area (Å²) in [5.41, 5.74) is 0. The van der Waals surface area contributed by atoms with Gasteiger partial charge in [0.05, 0.1) is 20.1 Å². The SMILES string of the molecule is COC(=O)CCNC(=O)[C@@H]1CNCCO1.Cl. The van der Waals surface area contributed by atoms with Crippen LogP contribution in [-0.4, -0.2) is 51.3 Å². The van der Waals surface area contributed by atoms with Crippen LogP contribution in [0.1, 0.15) is 6.42 Å². The topological polar surface area (TPSA) is 76.7 Å². The molecule has 0 aromatic rings. The van der Waals surface area contributed by atoms with E-state index < -0.39 is 6.10 Å². The first kappa shape index (κ1) is 15.2. The van der Waals surface area contributed by atoms with Crippen LogP contribution in [0.15, 0.2) is 0 Å². The molecule has 0 radical (unpaired) electrons. The Hall–Kier alpha value is -0.850. The number of ether oxygens (including phenoxy) is 2. The molecule has 0 unspecified atom stereocenters. The van der Waals surface area contributed by atoms with Crippen molar-refractivity contribution >= 4 is 24.3 Å². The molecule has 0 saturated carbocycles. The third kappa shape index (κ3) is 5.29. The number of carbonyl (C=O) groups is 2. The molecule has 6 nitrogen and oxygen atoms in total. The van der Waals surface area contributed by atoms with Gasteiger partial charge in [-0.3, -0.25) is 9.59 Å². The Morgan fingerprint density at radius 2 is 2.31 bits per heavy atom. The van der Waals surface area contributed by atoms with Crippen LogP contribution in [0, 0.1) is 0 Å². The van der Waals surface area contributed by atoms with E-state index in [1.807, 2.05) is 0 Å². The largest absolute Gasteiger partial charge is 0.469 e. The number of methoxy groups -OCH3 is 1. The molecule has 1 fully saturated rings. The van der Waals surface area contributed by atoms with Crippen LogP contribution in [0.3, 0.4) is 0 Å². The molecule has 1 amide bonds. The van der Waals surface area contributed by atoms with Crippen LogP contribution in [0.25, 0.3) is 0 Å². The second-order valence-corrected chi connectivity index (χ2v) is 3.18. The lowest BCUT2D eigenvalue weighted by molar-refractivity contribution is -0.140. The summed E-state index contributed by atoms with van der Waals surface area (Å²) in [7, 11) is 1.32. The van der Waals surface area contributed by atoms with Gasteiger partial charge < -0.3 is 20.1 Å². The van der Waals surface area contributed by atoms with Crippen LogP contribution in [-0.2, 0) is 19.1 Å². The molecule has 0 aliphatic carbocycles. The molecular weight excluding hydrogens is 236 g/mol. The number of rotatable bonds is 4. The quantitative estimate of drug-likeness (QED) is 0.633. The summed E-state index contributed by atoms with van der Waals surface area (Å²) in [6.45, 7) is 2.11. The lowest BCUT2D eigenvalue weighted by atomic mass is 10.3. The zero-order chi connectivity index (χ0) is 11.1. The Morgan fingerprint density at radius 1 is 1.56 bits per heavy atom. The summed E-state index contributed by atoms with van der Waals surface area (Å²) in [5.74, 6) is -0.524. The van der Waals surface area contributed by atoms with Crippen LogP contribution < -0.4 is 10.6 Å². The van der Waals surface area contributed by atoms with Gasteiger partial charge in [0.25, 0.3) is 0 Å². The van der Waals surface area contributed by atoms with Gasteiger partial charge in [-0.25, -0.2) is 0 Å². The highest BCUT2D eigenvalue weighted by molar-refractivity contribution is 5.85. The summed E-state index contributed by atoms with van der Waals surface area (Å²) in [5, 5.41) is 5.66. The highest BCUT2D eigenvalue weighted by atomic mass is 35.5. The summed E-state index contributed by atoms with van der Waals surface area (Å²) < 4.78 is 9.68. The van der Waals surface area contributed by atoms with Crippen molar-refractivity contribution in [2.75, 3.05) is 33.4 Å². The van der Waals surface area contributed by atoms with Crippen LogP contribution >= 0.6 is 12.4 Å². The standard InChI is InChI=1S/C9H16N2O4.ClH/c1-14-8(12)2-3-11-9(13)7-6-10-4-5-15-7;/h7,10H,2-6H2,1H3,(H,11,13);1H/t7-;/m0./s1. The van der Waals surface area contributed by atoms with E-state index in [4.69, 9.17) is 4.74 Å². The van der Waals surface area contributed by atoms with Crippen LogP contribution in [0.4, 0.5) is 0 Å². The van der Waals surface area contributed by atoms with Gasteiger partial charge in [0, 0.05) is 19.6 Å². The van der Waals surface area contributed by atoms with E-state index in [-0.39, 0.29) is 37.2 Å². The number of hydrogen-bond acceptors (Lipinski definition) is 5. The van der Waals surface area contributed by atoms with Gasteiger partial charge in [0.2, 0.25) is 5.91 Å². The van der Waals surface area contributed by atoms with Crippen molar-refractivity contribution in [1.82, 2.24) is 10.6 Å². The molecule has 2 N–H and O–H groups in total. The second-order valence-electron chi connectivity index (χ2n) is 3.18. The Morgan fingerprint density at radius 3 is 2.88 bits per heavy atom. The molecule has 1 saturated heterocycles. The Kier molecular flexibility index (Phi) is 7.88. The molecule has 1 rings (SSSR count). The number of carbonyl (C=O) groups excluding carboxylic acids is 2. The van der Waals surface area contributed by atoms with Gasteiger partial charge >= 0.3 is 5.97 Å². The van der Waals surface area contributed by atoms with E-state index in [1.165, 1.54) is 7.11 Å². The fourth-order valence-electron chi connectivity index (χ4n) is 1.24. The van der Waals surface area contributed by atoms with Crippen molar-refractivity contribution in [2.24, 2.45) is 0 Å². The minimum absolute atomic E-state index is 0. The Labute approximate surface area is 100 Å². The van der Waals surface area contributed by atoms with Crippen molar-refractivity contribution in [3.05, 3.63) is 0 Å². The van der Waals surface area contributed by atoms with Crippen molar-refractivity contribution in [3.63, 3.8) is 0 Å². The Balaban J connectivity index is 0.00000225. The lowest BCUT2D eigenvalue weighted by Crippen LogP contribution is -2.48. The average Bonchev–Trinajstić information content (AvgIpc) is 2.29. The molecule has 1 atom stereocenters. The fraction of sp³-hybridized carbons (Fsp3) is 0.778. The van der Waals surface area contributed by atoms with Crippen LogP contribution in [0.2, 0.25) is 0 Å². The van der Waals surface area contributed by atoms with E-state index in [0.717, 1.165) is 6.54 Å².